The molecule has 1 aliphatic rings. The second-order valence-corrected chi connectivity index (χ2v) is 4.86. The Morgan fingerprint density at radius 3 is 2.36 bits per heavy atom. The van der Waals surface area contributed by atoms with Crippen LogP contribution in [0, 0.1) is 0 Å². The lowest BCUT2D eigenvalue weighted by molar-refractivity contribution is 0.0308. The molecule has 1 rings (SSSR count). The van der Waals surface area contributed by atoms with Crippen LogP contribution in [0.2, 0.25) is 0 Å². The number of thioether (sulfide) groups is 1. The van der Waals surface area contributed by atoms with Gasteiger partial charge in [0.05, 0.1) is 5.88 Å². The molecule has 1 saturated heterocycles. The summed E-state index contributed by atoms with van der Waals surface area (Å²) < 4.78 is 5.20. The molecule has 0 aromatic carbocycles. The first kappa shape index (κ1) is 13.6. The number of carbonyl (C=O) groups is 1. The number of ether oxygens (including phenoxy) is 1. The van der Waals surface area contributed by atoms with Crippen LogP contribution in [0.3, 0.4) is 0 Å². The number of hydrogen-bond acceptors (Lipinski definition) is 4. The highest BCUT2D eigenvalue weighted by atomic mass is 32.2. The zero-order valence-electron chi connectivity index (χ0n) is 9.37. The fourth-order valence-corrected chi connectivity index (χ4v) is 1.82. The lowest BCUT2D eigenvalue weighted by Crippen LogP contribution is -2.34. The van der Waals surface area contributed by atoms with Gasteiger partial charge in [0, 0.05) is 12.3 Å². The number of nitrogens with zero attached hydrogens (tertiary/aromatic N) is 1. The minimum Gasteiger partial charge on any atom is -0.444 e. The Morgan fingerprint density at radius 2 is 2.00 bits per heavy atom. The SMILES string of the molecule is CC(C)(C)OC(=O)N1CCSC1.CN. The Morgan fingerprint density at radius 1 is 1.43 bits per heavy atom. The van der Waals surface area contributed by atoms with Crippen molar-refractivity contribution in [3.8, 4) is 0 Å². The summed E-state index contributed by atoms with van der Waals surface area (Å²) in [6.45, 7) is 6.47. The molecule has 0 bridgehead atoms. The van der Waals surface area contributed by atoms with Crippen molar-refractivity contribution in [2.45, 2.75) is 26.4 Å². The largest absolute Gasteiger partial charge is 0.444 e. The first-order valence-corrected chi connectivity index (χ1v) is 5.78. The van der Waals surface area contributed by atoms with Crippen molar-refractivity contribution in [1.29, 1.82) is 0 Å². The summed E-state index contributed by atoms with van der Waals surface area (Å²) in [6, 6.07) is 0. The van der Waals surface area contributed by atoms with Crippen LogP contribution < -0.4 is 5.73 Å². The number of nitrogens with two attached hydrogens (primary N) is 1. The average Bonchev–Trinajstić information content (AvgIpc) is 2.56. The summed E-state index contributed by atoms with van der Waals surface area (Å²) in [4.78, 5) is 13.1. The highest BCUT2D eigenvalue weighted by Crippen LogP contribution is 2.17. The molecule has 0 aromatic rings. The Bertz CT molecular complexity index is 174. The molecule has 0 atom stereocenters. The first-order chi connectivity index (χ1) is 6.49. The van der Waals surface area contributed by atoms with E-state index in [0.717, 1.165) is 18.2 Å². The molecule has 84 valence electrons. The maximum absolute atomic E-state index is 11.4. The molecule has 1 fully saturated rings. The van der Waals surface area contributed by atoms with Gasteiger partial charge in [-0.25, -0.2) is 4.79 Å². The van der Waals surface area contributed by atoms with Gasteiger partial charge in [-0.05, 0) is 27.8 Å². The van der Waals surface area contributed by atoms with Gasteiger partial charge in [-0.3, -0.25) is 4.90 Å². The lowest BCUT2D eigenvalue weighted by atomic mass is 10.2. The maximum Gasteiger partial charge on any atom is 0.411 e. The quantitative estimate of drug-likeness (QED) is 0.672. The van der Waals surface area contributed by atoms with E-state index in [4.69, 9.17) is 4.74 Å². The molecule has 5 heteroatoms. The third-order valence-corrected chi connectivity index (χ3v) is 2.37. The summed E-state index contributed by atoms with van der Waals surface area (Å²) in [6.07, 6.45) is -0.187. The molecule has 1 aliphatic heterocycles. The fraction of sp³-hybridized carbons (Fsp3) is 0.889. The molecular formula is C9H20N2O2S. The van der Waals surface area contributed by atoms with Crippen molar-refractivity contribution in [2.24, 2.45) is 5.73 Å². The van der Waals surface area contributed by atoms with Crippen LogP contribution in [0.25, 0.3) is 0 Å². The van der Waals surface area contributed by atoms with Gasteiger partial charge in [0.1, 0.15) is 5.60 Å². The highest BCUT2D eigenvalue weighted by Gasteiger charge is 2.24. The van der Waals surface area contributed by atoms with Crippen molar-refractivity contribution in [3.05, 3.63) is 0 Å². The van der Waals surface area contributed by atoms with Gasteiger partial charge in [0.25, 0.3) is 0 Å². The summed E-state index contributed by atoms with van der Waals surface area (Å²) in [7, 11) is 1.50. The predicted octanol–water partition coefficient (Wildman–Crippen LogP) is 1.50. The Balaban J connectivity index is 0.000000791. The Hall–Kier alpha value is -0.420. The van der Waals surface area contributed by atoms with Gasteiger partial charge in [-0.15, -0.1) is 11.8 Å². The Labute approximate surface area is 90.2 Å². The smallest absolute Gasteiger partial charge is 0.411 e. The third-order valence-electron chi connectivity index (χ3n) is 1.40. The molecule has 2 N–H and O–H groups in total. The monoisotopic (exact) mass is 220 g/mol. The molecule has 1 heterocycles. The van der Waals surface area contributed by atoms with Crippen molar-refractivity contribution < 1.29 is 9.53 Å². The standard InChI is InChI=1S/C8H15NO2S.CH5N/c1-8(2,3)11-7(10)9-4-5-12-6-9;1-2/h4-6H2,1-3H3;2H2,1H3. The minimum atomic E-state index is -0.371. The maximum atomic E-state index is 11.4. The van der Waals surface area contributed by atoms with Crippen LogP contribution in [0.4, 0.5) is 4.79 Å². The normalized spacial score (nSPS) is 15.9. The van der Waals surface area contributed by atoms with Crippen LogP contribution >= 0.6 is 11.8 Å². The summed E-state index contributed by atoms with van der Waals surface area (Å²) in [5.74, 6) is 1.80. The van der Waals surface area contributed by atoms with Crippen LogP contribution in [-0.4, -0.2) is 41.8 Å². The van der Waals surface area contributed by atoms with Gasteiger partial charge in [0.2, 0.25) is 0 Å². The zero-order valence-corrected chi connectivity index (χ0v) is 10.2. The highest BCUT2D eigenvalue weighted by molar-refractivity contribution is 7.99. The molecule has 0 saturated carbocycles. The molecular weight excluding hydrogens is 200 g/mol. The van der Waals surface area contributed by atoms with E-state index < -0.39 is 0 Å². The third kappa shape index (κ3) is 5.34. The van der Waals surface area contributed by atoms with E-state index in [2.05, 4.69) is 5.73 Å². The molecule has 0 aromatic heterocycles. The fourth-order valence-electron chi connectivity index (χ4n) is 0.885. The van der Waals surface area contributed by atoms with Crippen LogP contribution in [0.1, 0.15) is 20.8 Å². The predicted molar refractivity (Wildman–Crippen MR) is 60.4 cm³/mol. The van der Waals surface area contributed by atoms with Crippen LogP contribution in [-0.2, 0) is 4.74 Å². The number of carbonyl (C=O) groups excluding carboxylic acids is 1. The second-order valence-electron chi connectivity index (χ2n) is 3.78. The van der Waals surface area contributed by atoms with Gasteiger partial charge in [-0.1, -0.05) is 0 Å². The van der Waals surface area contributed by atoms with Crippen LogP contribution in [0.5, 0.6) is 0 Å². The molecule has 0 unspecified atom stereocenters. The van der Waals surface area contributed by atoms with Gasteiger partial charge in [0.15, 0.2) is 0 Å². The lowest BCUT2D eigenvalue weighted by Gasteiger charge is -2.23. The van der Waals surface area contributed by atoms with E-state index in [0.29, 0.717) is 0 Å². The second kappa shape index (κ2) is 6.14. The number of rotatable bonds is 0. The Kier molecular flexibility index (Phi) is 5.95. The number of hydrogen-bond donors (Lipinski definition) is 1. The van der Waals surface area contributed by atoms with E-state index in [1.54, 1.807) is 16.7 Å². The molecule has 0 aliphatic carbocycles. The molecule has 0 spiro atoms. The summed E-state index contributed by atoms with van der Waals surface area (Å²) in [5.41, 5.74) is 4.13. The molecule has 4 nitrogen and oxygen atoms in total. The molecule has 1 amide bonds. The van der Waals surface area contributed by atoms with Gasteiger partial charge >= 0.3 is 6.09 Å². The van der Waals surface area contributed by atoms with Gasteiger partial charge in [-0.2, -0.15) is 0 Å². The van der Waals surface area contributed by atoms with Gasteiger partial charge < -0.3 is 10.5 Å². The van der Waals surface area contributed by atoms with Crippen molar-refractivity contribution in [3.63, 3.8) is 0 Å². The van der Waals surface area contributed by atoms with Crippen molar-refractivity contribution in [1.82, 2.24) is 4.90 Å². The molecule has 0 radical (unpaired) electrons. The average molecular weight is 220 g/mol. The van der Waals surface area contributed by atoms with Crippen molar-refractivity contribution in [2.75, 3.05) is 25.2 Å². The van der Waals surface area contributed by atoms with Crippen molar-refractivity contribution >= 4 is 17.9 Å². The molecule has 14 heavy (non-hydrogen) atoms. The topological polar surface area (TPSA) is 55.6 Å². The zero-order chi connectivity index (χ0) is 11.2. The van der Waals surface area contributed by atoms with E-state index >= 15 is 0 Å². The number of amides is 1. The van der Waals surface area contributed by atoms with E-state index in [-0.39, 0.29) is 11.7 Å². The van der Waals surface area contributed by atoms with Crippen LogP contribution in [0.15, 0.2) is 0 Å². The summed E-state index contributed by atoms with van der Waals surface area (Å²) >= 11 is 1.76. The van der Waals surface area contributed by atoms with E-state index in [9.17, 15) is 4.79 Å². The first-order valence-electron chi connectivity index (χ1n) is 4.62. The van der Waals surface area contributed by atoms with E-state index in [1.165, 1.54) is 7.05 Å². The summed E-state index contributed by atoms with van der Waals surface area (Å²) in [5, 5.41) is 0. The minimum absolute atomic E-state index is 0.187. The van der Waals surface area contributed by atoms with E-state index in [1.807, 2.05) is 20.8 Å².